The van der Waals surface area contributed by atoms with Crippen molar-refractivity contribution in [2.45, 2.75) is 46.7 Å². The number of rotatable bonds is 5. The number of hydrogen-bond acceptors (Lipinski definition) is 2. The predicted molar refractivity (Wildman–Crippen MR) is 75.1 cm³/mol. The zero-order valence-electron chi connectivity index (χ0n) is 11.8. The lowest BCUT2D eigenvalue weighted by Crippen LogP contribution is -2.52. The van der Waals surface area contributed by atoms with Crippen molar-refractivity contribution < 1.29 is 0 Å². The molecule has 0 spiro atoms. The highest BCUT2D eigenvalue weighted by Crippen LogP contribution is 2.17. The Bertz CT molecular complexity index is 371. The summed E-state index contributed by atoms with van der Waals surface area (Å²) in [6.07, 6.45) is 0. The fraction of sp³-hybridized carbons (Fsp3) is 0.600. The van der Waals surface area contributed by atoms with Crippen LogP contribution in [0, 0.1) is 19.8 Å². The molecule has 1 aromatic carbocycles. The molecule has 0 heterocycles. The summed E-state index contributed by atoms with van der Waals surface area (Å²) in [4.78, 5) is 0. The average Bonchev–Trinajstić information content (AvgIpc) is 2.29. The van der Waals surface area contributed by atoms with Gasteiger partial charge in [-0.2, -0.15) is 0 Å². The van der Waals surface area contributed by atoms with Gasteiger partial charge in [0.05, 0.1) is 0 Å². The number of hydrogen-bond donors (Lipinski definition) is 2. The molecule has 0 fully saturated rings. The lowest BCUT2D eigenvalue weighted by Gasteiger charge is -2.34. The van der Waals surface area contributed by atoms with E-state index in [0.717, 1.165) is 6.54 Å². The minimum atomic E-state index is 0.0101. The molecule has 2 nitrogen and oxygen atoms in total. The average molecular weight is 234 g/mol. The van der Waals surface area contributed by atoms with Crippen LogP contribution in [0.15, 0.2) is 18.2 Å². The van der Waals surface area contributed by atoms with E-state index in [9.17, 15) is 0 Å². The molecular weight excluding hydrogens is 208 g/mol. The molecule has 0 aromatic heterocycles. The van der Waals surface area contributed by atoms with Gasteiger partial charge in [0, 0.05) is 18.6 Å². The largest absolute Gasteiger partial charge is 0.329 e. The van der Waals surface area contributed by atoms with Gasteiger partial charge < -0.3 is 11.1 Å². The van der Waals surface area contributed by atoms with Crippen LogP contribution in [-0.4, -0.2) is 12.1 Å². The molecule has 0 bridgehead atoms. The highest BCUT2D eigenvalue weighted by Gasteiger charge is 2.25. The fourth-order valence-electron chi connectivity index (χ4n) is 1.80. The quantitative estimate of drug-likeness (QED) is 0.822. The normalized spacial score (nSPS) is 15.0. The smallest absolute Gasteiger partial charge is 0.0301 e. The molecule has 3 N–H and O–H groups in total. The van der Waals surface area contributed by atoms with E-state index in [1.54, 1.807) is 0 Å². The van der Waals surface area contributed by atoms with Crippen LogP contribution in [0.5, 0.6) is 0 Å². The van der Waals surface area contributed by atoms with Crippen LogP contribution in [0.25, 0.3) is 0 Å². The van der Waals surface area contributed by atoms with E-state index in [2.05, 4.69) is 58.1 Å². The molecule has 96 valence electrons. The second kappa shape index (κ2) is 5.65. The van der Waals surface area contributed by atoms with E-state index in [4.69, 9.17) is 5.73 Å². The van der Waals surface area contributed by atoms with Crippen LogP contribution in [-0.2, 0) is 6.54 Å². The van der Waals surface area contributed by atoms with Crippen molar-refractivity contribution in [1.82, 2.24) is 5.32 Å². The van der Waals surface area contributed by atoms with Crippen LogP contribution >= 0.6 is 0 Å². The van der Waals surface area contributed by atoms with Gasteiger partial charge in [0.25, 0.3) is 0 Å². The molecule has 0 saturated heterocycles. The van der Waals surface area contributed by atoms with E-state index in [0.29, 0.717) is 12.5 Å². The first kappa shape index (κ1) is 14.2. The van der Waals surface area contributed by atoms with Gasteiger partial charge in [-0.3, -0.25) is 0 Å². The van der Waals surface area contributed by atoms with E-state index >= 15 is 0 Å². The molecule has 0 amide bonds. The second-order valence-electron chi connectivity index (χ2n) is 5.56. The molecule has 0 radical (unpaired) electrons. The minimum Gasteiger partial charge on any atom is -0.329 e. The van der Waals surface area contributed by atoms with Gasteiger partial charge in [0.15, 0.2) is 0 Å². The fourth-order valence-corrected chi connectivity index (χ4v) is 1.80. The number of nitrogens with two attached hydrogens (primary N) is 1. The monoisotopic (exact) mass is 234 g/mol. The first-order valence-electron chi connectivity index (χ1n) is 6.40. The van der Waals surface area contributed by atoms with Gasteiger partial charge in [-0.1, -0.05) is 37.6 Å². The lowest BCUT2D eigenvalue weighted by atomic mass is 9.88. The van der Waals surface area contributed by atoms with Gasteiger partial charge in [-0.25, -0.2) is 0 Å². The summed E-state index contributed by atoms with van der Waals surface area (Å²) in [6, 6.07) is 6.59. The highest BCUT2D eigenvalue weighted by molar-refractivity contribution is 5.30. The Morgan fingerprint density at radius 1 is 1.29 bits per heavy atom. The summed E-state index contributed by atoms with van der Waals surface area (Å²) in [7, 11) is 0. The predicted octanol–water partition coefficient (Wildman–Crippen LogP) is 2.77. The second-order valence-corrected chi connectivity index (χ2v) is 5.56. The van der Waals surface area contributed by atoms with Crippen molar-refractivity contribution in [3.8, 4) is 0 Å². The summed E-state index contributed by atoms with van der Waals surface area (Å²) < 4.78 is 0. The maximum atomic E-state index is 5.88. The Balaban J connectivity index is 2.75. The summed E-state index contributed by atoms with van der Waals surface area (Å²) in [5.41, 5.74) is 9.90. The van der Waals surface area contributed by atoms with Gasteiger partial charge in [-0.05, 0) is 37.8 Å². The third kappa shape index (κ3) is 3.55. The van der Waals surface area contributed by atoms with E-state index in [1.165, 1.54) is 16.7 Å². The zero-order chi connectivity index (χ0) is 13.1. The van der Waals surface area contributed by atoms with Gasteiger partial charge in [0.1, 0.15) is 0 Å². The molecule has 0 aliphatic heterocycles. The molecule has 1 atom stereocenters. The van der Waals surface area contributed by atoms with Crippen molar-refractivity contribution in [2.24, 2.45) is 11.7 Å². The molecule has 0 saturated carbocycles. The first-order valence-corrected chi connectivity index (χ1v) is 6.40. The van der Waals surface area contributed by atoms with Crippen molar-refractivity contribution in [3.05, 3.63) is 34.9 Å². The molecule has 1 aromatic rings. The molecule has 2 heteroatoms. The van der Waals surface area contributed by atoms with E-state index in [1.807, 2.05) is 0 Å². The van der Waals surface area contributed by atoms with E-state index in [-0.39, 0.29) is 5.54 Å². The summed E-state index contributed by atoms with van der Waals surface area (Å²) >= 11 is 0. The highest BCUT2D eigenvalue weighted by atomic mass is 15.0. The number of benzene rings is 1. The van der Waals surface area contributed by atoms with Crippen LogP contribution in [0.3, 0.4) is 0 Å². The van der Waals surface area contributed by atoms with Crippen molar-refractivity contribution >= 4 is 0 Å². The molecule has 17 heavy (non-hydrogen) atoms. The minimum absolute atomic E-state index is 0.0101. The summed E-state index contributed by atoms with van der Waals surface area (Å²) in [5.74, 6) is 0.526. The first-order chi connectivity index (χ1) is 7.89. The molecule has 1 unspecified atom stereocenters. The summed E-state index contributed by atoms with van der Waals surface area (Å²) in [5, 5.41) is 3.60. The van der Waals surface area contributed by atoms with Crippen LogP contribution < -0.4 is 11.1 Å². The van der Waals surface area contributed by atoms with Crippen molar-refractivity contribution in [2.75, 3.05) is 6.54 Å². The Morgan fingerprint density at radius 3 is 2.47 bits per heavy atom. The topological polar surface area (TPSA) is 38.0 Å². The Hall–Kier alpha value is -0.860. The van der Waals surface area contributed by atoms with Gasteiger partial charge >= 0.3 is 0 Å². The molecular formula is C15H26N2. The maximum absolute atomic E-state index is 5.88. The van der Waals surface area contributed by atoms with Gasteiger partial charge in [0.2, 0.25) is 0 Å². The zero-order valence-corrected chi connectivity index (χ0v) is 11.8. The van der Waals surface area contributed by atoms with Crippen LogP contribution in [0.1, 0.15) is 37.5 Å². The van der Waals surface area contributed by atoms with Crippen molar-refractivity contribution in [1.29, 1.82) is 0 Å². The maximum Gasteiger partial charge on any atom is 0.0301 e. The van der Waals surface area contributed by atoms with Crippen molar-refractivity contribution in [3.63, 3.8) is 0 Å². The standard InChI is InChI=1S/C15H26N2/c1-11(2)15(5,10-16)17-9-14-8-12(3)6-7-13(14)4/h6-8,11,17H,9-10,16H2,1-5H3. The third-order valence-electron chi connectivity index (χ3n) is 3.89. The summed E-state index contributed by atoms with van der Waals surface area (Å²) in [6.45, 7) is 12.5. The molecule has 0 aliphatic carbocycles. The number of nitrogens with one attached hydrogen (secondary N) is 1. The number of aryl methyl sites for hydroxylation is 2. The van der Waals surface area contributed by atoms with Crippen LogP contribution in [0.4, 0.5) is 0 Å². The Labute approximate surface area is 106 Å². The molecule has 0 aliphatic rings. The Kier molecular flexibility index (Phi) is 4.72. The lowest BCUT2D eigenvalue weighted by molar-refractivity contribution is 0.267. The van der Waals surface area contributed by atoms with E-state index < -0.39 is 0 Å². The molecule has 1 rings (SSSR count). The van der Waals surface area contributed by atoms with Gasteiger partial charge in [-0.15, -0.1) is 0 Å². The van der Waals surface area contributed by atoms with Crippen LogP contribution in [0.2, 0.25) is 0 Å². The third-order valence-corrected chi connectivity index (χ3v) is 3.89. The Morgan fingerprint density at radius 2 is 1.94 bits per heavy atom. The SMILES string of the molecule is Cc1ccc(C)c(CNC(C)(CN)C(C)C)c1.